The van der Waals surface area contributed by atoms with Gasteiger partial charge in [0.05, 0.1) is 11.1 Å². The third-order valence-corrected chi connectivity index (χ3v) is 2.22. The van der Waals surface area contributed by atoms with Crippen molar-refractivity contribution in [3.8, 4) is 5.75 Å². The average molecular weight is 282 g/mol. The van der Waals surface area contributed by atoms with E-state index in [1.54, 1.807) is 0 Å². The number of hydrogen-bond acceptors (Lipinski definition) is 5. The fraction of sp³-hybridized carbons (Fsp3) is 0.273. The number of aromatic hydroxyl groups is 1. The molecule has 1 aromatic carbocycles. The van der Waals surface area contributed by atoms with E-state index in [0.29, 0.717) is 5.11 Å². The van der Waals surface area contributed by atoms with Crippen LogP contribution in [0.3, 0.4) is 0 Å². The summed E-state index contributed by atoms with van der Waals surface area (Å²) in [5.74, 6) is -0.0983. The summed E-state index contributed by atoms with van der Waals surface area (Å²) in [6.07, 6.45) is 1.26. The van der Waals surface area contributed by atoms with Crippen molar-refractivity contribution < 1.29 is 10.0 Å². The van der Waals surface area contributed by atoms with Gasteiger partial charge in [0, 0.05) is 23.7 Å². The zero-order chi connectivity index (χ0) is 14.4. The minimum absolute atomic E-state index is 0.0983. The Morgan fingerprint density at radius 1 is 1.58 bits per heavy atom. The lowest BCUT2D eigenvalue weighted by molar-refractivity contribution is -0.384. The Balaban J connectivity index is 2.73. The third-order valence-electron chi connectivity index (χ3n) is 2.01. The fourth-order valence-electron chi connectivity index (χ4n) is 1.21. The molecule has 1 aromatic rings. The van der Waals surface area contributed by atoms with Crippen LogP contribution in [0, 0.1) is 10.1 Å². The molecule has 0 amide bonds. The monoisotopic (exact) mass is 282 g/mol. The van der Waals surface area contributed by atoms with Gasteiger partial charge in [0.15, 0.2) is 5.11 Å². The van der Waals surface area contributed by atoms with Gasteiger partial charge in [0.25, 0.3) is 5.69 Å². The molecule has 0 spiro atoms. The van der Waals surface area contributed by atoms with Crippen LogP contribution in [0.2, 0.25) is 0 Å². The number of nitrogens with one attached hydrogen (secondary N) is 2. The molecule has 0 saturated carbocycles. The highest BCUT2D eigenvalue weighted by molar-refractivity contribution is 7.80. The van der Waals surface area contributed by atoms with Crippen molar-refractivity contribution in [3.05, 3.63) is 33.9 Å². The van der Waals surface area contributed by atoms with E-state index in [9.17, 15) is 15.2 Å². The van der Waals surface area contributed by atoms with Crippen molar-refractivity contribution >= 4 is 29.2 Å². The molecule has 0 aliphatic heterocycles. The maximum atomic E-state index is 10.6. The highest BCUT2D eigenvalue weighted by atomic mass is 32.1. The van der Waals surface area contributed by atoms with Crippen LogP contribution in [0.15, 0.2) is 23.3 Å². The summed E-state index contributed by atoms with van der Waals surface area (Å²) in [5, 5.41) is 27.2. The number of nitro groups is 1. The number of nitrogens with zero attached hydrogens (tertiary/aromatic N) is 2. The number of benzene rings is 1. The number of non-ortho nitro benzene ring substituents is 1. The molecule has 0 radical (unpaired) electrons. The number of thiocarbonyl (C=S) groups is 1. The minimum Gasteiger partial charge on any atom is -0.507 e. The van der Waals surface area contributed by atoms with Crippen molar-refractivity contribution in [1.29, 1.82) is 0 Å². The molecule has 0 atom stereocenters. The molecule has 0 aliphatic carbocycles. The van der Waals surface area contributed by atoms with E-state index in [0.717, 1.165) is 0 Å². The molecule has 0 heterocycles. The van der Waals surface area contributed by atoms with Crippen LogP contribution < -0.4 is 10.7 Å². The Hall–Kier alpha value is -2.22. The smallest absolute Gasteiger partial charge is 0.270 e. The van der Waals surface area contributed by atoms with Gasteiger partial charge in [0.2, 0.25) is 0 Å². The Kier molecular flexibility index (Phi) is 5.19. The van der Waals surface area contributed by atoms with Crippen LogP contribution in [-0.4, -0.2) is 27.4 Å². The zero-order valence-electron chi connectivity index (χ0n) is 10.5. The first-order valence-corrected chi connectivity index (χ1v) is 5.88. The van der Waals surface area contributed by atoms with E-state index in [4.69, 9.17) is 12.2 Å². The molecule has 0 unspecified atom stereocenters. The Labute approximate surface area is 115 Å². The molecule has 1 rings (SSSR count). The molecular formula is C11H14N4O3S. The molecule has 19 heavy (non-hydrogen) atoms. The van der Waals surface area contributed by atoms with Crippen LogP contribution in [0.25, 0.3) is 0 Å². The summed E-state index contributed by atoms with van der Waals surface area (Å²) in [7, 11) is 0. The highest BCUT2D eigenvalue weighted by Crippen LogP contribution is 2.21. The van der Waals surface area contributed by atoms with Crippen molar-refractivity contribution in [2.75, 3.05) is 0 Å². The number of rotatable bonds is 4. The van der Waals surface area contributed by atoms with E-state index in [1.807, 2.05) is 13.8 Å². The number of hydrazone groups is 1. The summed E-state index contributed by atoms with van der Waals surface area (Å²) in [5.41, 5.74) is 2.65. The predicted molar refractivity (Wildman–Crippen MR) is 76.4 cm³/mol. The van der Waals surface area contributed by atoms with Gasteiger partial charge >= 0.3 is 0 Å². The lowest BCUT2D eigenvalue weighted by atomic mass is 10.2. The molecule has 0 bridgehead atoms. The van der Waals surface area contributed by atoms with Crippen molar-refractivity contribution in [1.82, 2.24) is 10.7 Å². The molecule has 3 N–H and O–H groups in total. The topological polar surface area (TPSA) is 99.8 Å². The maximum Gasteiger partial charge on any atom is 0.270 e. The zero-order valence-corrected chi connectivity index (χ0v) is 11.3. The predicted octanol–water partition coefficient (Wildman–Crippen LogP) is 1.51. The Bertz CT molecular complexity index is 517. The summed E-state index contributed by atoms with van der Waals surface area (Å²) >= 11 is 4.94. The van der Waals surface area contributed by atoms with Gasteiger partial charge in [-0.3, -0.25) is 15.5 Å². The van der Waals surface area contributed by atoms with Crippen LogP contribution in [0.4, 0.5) is 5.69 Å². The Morgan fingerprint density at radius 2 is 2.26 bits per heavy atom. The summed E-state index contributed by atoms with van der Waals surface area (Å²) in [4.78, 5) is 10.1. The van der Waals surface area contributed by atoms with Crippen molar-refractivity contribution in [2.45, 2.75) is 19.9 Å². The van der Waals surface area contributed by atoms with Gasteiger partial charge in [-0.15, -0.1) is 0 Å². The van der Waals surface area contributed by atoms with Crippen LogP contribution >= 0.6 is 12.2 Å². The van der Waals surface area contributed by atoms with E-state index >= 15 is 0 Å². The Morgan fingerprint density at radius 3 is 2.84 bits per heavy atom. The highest BCUT2D eigenvalue weighted by Gasteiger charge is 2.08. The molecule has 0 aromatic heterocycles. The second-order valence-corrected chi connectivity index (χ2v) is 4.41. The summed E-state index contributed by atoms with van der Waals surface area (Å²) in [6.45, 7) is 3.84. The standard InChI is InChI=1S/C11H14N4O3S/c1-7(2)13-11(19)14-12-6-8-5-9(15(17)18)3-4-10(8)16/h3-7,16H,1-2H3,(H2,13,14,19)/b12-6+. The number of phenolic OH excluding ortho intramolecular Hbond substituents is 1. The molecular weight excluding hydrogens is 268 g/mol. The van der Waals surface area contributed by atoms with Crippen molar-refractivity contribution in [3.63, 3.8) is 0 Å². The lowest BCUT2D eigenvalue weighted by Crippen LogP contribution is -2.36. The maximum absolute atomic E-state index is 10.6. The second-order valence-electron chi connectivity index (χ2n) is 4.00. The first kappa shape index (κ1) is 14.8. The normalized spacial score (nSPS) is 10.7. The van der Waals surface area contributed by atoms with Crippen molar-refractivity contribution in [2.24, 2.45) is 5.10 Å². The molecule has 7 nitrogen and oxygen atoms in total. The third kappa shape index (κ3) is 4.88. The quantitative estimate of drug-likeness (QED) is 0.335. The van der Waals surface area contributed by atoms with Gasteiger partial charge in [0.1, 0.15) is 5.75 Å². The molecule has 0 saturated heterocycles. The van der Waals surface area contributed by atoms with Gasteiger partial charge in [-0.2, -0.15) is 5.10 Å². The number of nitro benzene ring substituents is 1. The van der Waals surface area contributed by atoms with E-state index in [1.165, 1.54) is 24.4 Å². The summed E-state index contributed by atoms with van der Waals surface area (Å²) in [6, 6.07) is 3.84. The molecule has 102 valence electrons. The van der Waals surface area contributed by atoms with E-state index in [-0.39, 0.29) is 23.0 Å². The van der Waals surface area contributed by atoms with Gasteiger partial charge in [-0.25, -0.2) is 0 Å². The van der Waals surface area contributed by atoms with Gasteiger partial charge in [-0.05, 0) is 32.1 Å². The number of phenols is 1. The molecule has 0 aliphatic rings. The fourth-order valence-corrected chi connectivity index (χ4v) is 1.50. The SMILES string of the molecule is CC(C)NC(=S)N/N=C/c1cc([N+](=O)[O-])ccc1O. The van der Waals surface area contributed by atoms with Gasteiger partial charge < -0.3 is 10.4 Å². The second kappa shape index (κ2) is 6.64. The van der Waals surface area contributed by atoms with Crippen LogP contribution in [0.5, 0.6) is 5.75 Å². The first-order valence-electron chi connectivity index (χ1n) is 5.47. The minimum atomic E-state index is -0.546. The van der Waals surface area contributed by atoms with Gasteiger partial charge in [-0.1, -0.05) is 0 Å². The van der Waals surface area contributed by atoms with Crippen LogP contribution in [-0.2, 0) is 0 Å². The summed E-state index contributed by atoms with van der Waals surface area (Å²) < 4.78 is 0. The lowest BCUT2D eigenvalue weighted by Gasteiger charge is -2.09. The molecule has 8 heteroatoms. The first-order chi connectivity index (χ1) is 8.90. The number of hydrogen-bond donors (Lipinski definition) is 3. The van der Waals surface area contributed by atoms with E-state index in [2.05, 4.69) is 15.8 Å². The molecule has 0 fully saturated rings. The van der Waals surface area contributed by atoms with E-state index < -0.39 is 4.92 Å². The largest absolute Gasteiger partial charge is 0.507 e. The van der Waals surface area contributed by atoms with Crippen LogP contribution in [0.1, 0.15) is 19.4 Å². The average Bonchev–Trinajstić information content (AvgIpc) is 2.30.